The van der Waals surface area contributed by atoms with E-state index in [9.17, 15) is 0 Å². The highest BCUT2D eigenvalue weighted by molar-refractivity contribution is 7.19. The Labute approximate surface area is 151 Å². The van der Waals surface area contributed by atoms with Crippen molar-refractivity contribution in [1.29, 1.82) is 0 Å². The SMILES string of the molecule is CC1CCCc2c1nc1sc3c(c1c2-c1ccc(Cl)cc1)CCC3. The molecule has 0 bridgehead atoms. The molecule has 3 heteroatoms. The van der Waals surface area contributed by atoms with Gasteiger partial charge in [0.1, 0.15) is 4.83 Å². The highest BCUT2D eigenvalue weighted by atomic mass is 35.5. The molecule has 2 aliphatic rings. The molecule has 1 unspecified atom stereocenters. The van der Waals surface area contributed by atoms with Crippen LogP contribution < -0.4 is 0 Å². The van der Waals surface area contributed by atoms with E-state index in [1.165, 1.54) is 64.7 Å². The van der Waals surface area contributed by atoms with Gasteiger partial charge in [0.2, 0.25) is 0 Å². The summed E-state index contributed by atoms with van der Waals surface area (Å²) in [5.41, 5.74) is 7.19. The third-order valence-corrected chi connectivity index (χ3v) is 7.09. The average molecular weight is 354 g/mol. The summed E-state index contributed by atoms with van der Waals surface area (Å²) < 4.78 is 0. The van der Waals surface area contributed by atoms with Gasteiger partial charge in [-0.15, -0.1) is 11.3 Å². The first-order valence-corrected chi connectivity index (χ1v) is 10.1. The maximum absolute atomic E-state index is 6.15. The van der Waals surface area contributed by atoms with Crippen molar-refractivity contribution in [2.24, 2.45) is 0 Å². The lowest BCUT2D eigenvalue weighted by atomic mass is 9.82. The summed E-state index contributed by atoms with van der Waals surface area (Å²) in [4.78, 5) is 7.99. The molecule has 0 spiro atoms. The summed E-state index contributed by atoms with van der Waals surface area (Å²) >= 11 is 8.08. The van der Waals surface area contributed by atoms with Gasteiger partial charge in [-0.3, -0.25) is 0 Å². The van der Waals surface area contributed by atoms with E-state index in [1.807, 2.05) is 23.5 Å². The van der Waals surface area contributed by atoms with Crippen LogP contribution in [0.25, 0.3) is 21.3 Å². The van der Waals surface area contributed by atoms with E-state index in [0.717, 1.165) is 11.4 Å². The van der Waals surface area contributed by atoms with Gasteiger partial charge in [0.15, 0.2) is 0 Å². The number of thiophene rings is 1. The zero-order valence-corrected chi connectivity index (χ0v) is 15.4. The maximum Gasteiger partial charge on any atom is 0.124 e. The van der Waals surface area contributed by atoms with Crippen LogP contribution in [-0.2, 0) is 19.3 Å². The smallest absolute Gasteiger partial charge is 0.124 e. The lowest BCUT2D eigenvalue weighted by Gasteiger charge is -2.25. The van der Waals surface area contributed by atoms with Gasteiger partial charge in [-0.2, -0.15) is 0 Å². The minimum atomic E-state index is 0.571. The van der Waals surface area contributed by atoms with Gasteiger partial charge < -0.3 is 0 Å². The van der Waals surface area contributed by atoms with E-state index in [2.05, 4.69) is 19.1 Å². The Kier molecular flexibility index (Phi) is 3.46. The van der Waals surface area contributed by atoms with E-state index in [0.29, 0.717) is 5.92 Å². The molecule has 0 N–H and O–H groups in total. The summed E-state index contributed by atoms with van der Waals surface area (Å²) in [6.45, 7) is 2.34. The fraction of sp³-hybridized carbons (Fsp3) is 0.381. The van der Waals surface area contributed by atoms with Crippen LogP contribution in [0.1, 0.15) is 53.8 Å². The molecule has 0 saturated heterocycles. The van der Waals surface area contributed by atoms with E-state index in [4.69, 9.17) is 16.6 Å². The number of aromatic nitrogens is 1. The molecular formula is C21H20ClNS. The molecule has 0 aliphatic heterocycles. The Bertz CT molecular complexity index is 939. The zero-order chi connectivity index (χ0) is 16.3. The fourth-order valence-electron chi connectivity index (χ4n) is 4.50. The molecule has 1 atom stereocenters. The Morgan fingerprint density at radius 1 is 1.04 bits per heavy atom. The Hall–Kier alpha value is -1.38. The first kappa shape index (κ1) is 14.9. The molecule has 2 heterocycles. The average Bonchev–Trinajstić information content (AvgIpc) is 3.15. The molecule has 0 fully saturated rings. The molecule has 122 valence electrons. The van der Waals surface area contributed by atoms with Gasteiger partial charge in [0.25, 0.3) is 0 Å². The Morgan fingerprint density at radius 2 is 1.83 bits per heavy atom. The maximum atomic E-state index is 6.15. The second kappa shape index (κ2) is 5.57. The second-order valence-corrected chi connectivity index (χ2v) is 8.71. The minimum absolute atomic E-state index is 0.571. The van der Waals surface area contributed by atoms with Crippen molar-refractivity contribution in [1.82, 2.24) is 4.98 Å². The van der Waals surface area contributed by atoms with Crippen LogP contribution in [0.2, 0.25) is 5.02 Å². The van der Waals surface area contributed by atoms with Crippen molar-refractivity contribution < 1.29 is 0 Å². The van der Waals surface area contributed by atoms with Gasteiger partial charge in [-0.25, -0.2) is 4.98 Å². The van der Waals surface area contributed by atoms with Crippen LogP contribution in [0.4, 0.5) is 0 Å². The number of rotatable bonds is 1. The van der Waals surface area contributed by atoms with E-state index in [1.54, 1.807) is 10.4 Å². The molecule has 1 nitrogen and oxygen atoms in total. The lowest BCUT2D eigenvalue weighted by molar-refractivity contribution is 0.577. The monoisotopic (exact) mass is 353 g/mol. The van der Waals surface area contributed by atoms with Gasteiger partial charge in [0, 0.05) is 21.0 Å². The van der Waals surface area contributed by atoms with Crippen molar-refractivity contribution in [3.05, 3.63) is 51.0 Å². The van der Waals surface area contributed by atoms with Crippen LogP contribution in [0.3, 0.4) is 0 Å². The minimum Gasteiger partial charge on any atom is -0.241 e. The highest BCUT2D eigenvalue weighted by Crippen LogP contribution is 2.46. The fourth-order valence-corrected chi connectivity index (χ4v) is 5.90. The molecule has 0 amide bonds. The molecule has 1 aromatic carbocycles. The van der Waals surface area contributed by atoms with Gasteiger partial charge in [-0.1, -0.05) is 30.7 Å². The molecule has 2 aliphatic carbocycles. The van der Waals surface area contributed by atoms with Crippen LogP contribution >= 0.6 is 22.9 Å². The molecule has 5 rings (SSSR count). The van der Waals surface area contributed by atoms with Crippen molar-refractivity contribution >= 4 is 33.2 Å². The molecule has 3 aromatic rings. The number of hydrogen-bond acceptors (Lipinski definition) is 2. The predicted molar refractivity (Wildman–Crippen MR) is 103 cm³/mol. The van der Waals surface area contributed by atoms with Crippen molar-refractivity contribution in [2.45, 2.75) is 51.4 Å². The number of fused-ring (bicyclic) bond motifs is 4. The third-order valence-electron chi connectivity index (χ3n) is 5.65. The topological polar surface area (TPSA) is 12.9 Å². The van der Waals surface area contributed by atoms with Gasteiger partial charge in [0.05, 0.1) is 0 Å². The lowest BCUT2D eigenvalue weighted by Crippen LogP contribution is -2.11. The van der Waals surface area contributed by atoms with Gasteiger partial charge in [-0.05, 0) is 78.8 Å². The van der Waals surface area contributed by atoms with Crippen LogP contribution in [-0.4, -0.2) is 4.98 Å². The van der Waals surface area contributed by atoms with E-state index < -0.39 is 0 Å². The van der Waals surface area contributed by atoms with Gasteiger partial charge >= 0.3 is 0 Å². The predicted octanol–water partition coefficient (Wildman–Crippen LogP) is 6.55. The standard InChI is InChI=1S/C21H20ClNS/c1-12-4-2-6-16-18(13-8-10-14(22)11-9-13)19-15-5-3-7-17(15)24-21(19)23-20(12)16/h8-12H,2-7H2,1H3. The number of pyridine rings is 1. The highest BCUT2D eigenvalue weighted by Gasteiger charge is 2.28. The van der Waals surface area contributed by atoms with Crippen LogP contribution in [0.5, 0.6) is 0 Å². The summed E-state index contributed by atoms with van der Waals surface area (Å²) in [5, 5.41) is 2.25. The number of halogens is 1. The first-order valence-electron chi connectivity index (χ1n) is 8.95. The number of benzene rings is 1. The van der Waals surface area contributed by atoms with Crippen molar-refractivity contribution in [2.75, 3.05) is 0 Å². The molecular weight excluding hydrogens is 334 g/mol. The summed E-state index contributed by atoms with van der Waals surface area (Å²) in [5.74, 6) is 0.571. The van der Waals surface area contributed by atoms with Crippen LogP contribution in [0.15, 0.2) is 24.3 Å². The van der Waals surface area contributed by atoms with Crippen molar-refractivity contribution in [3.63, 3.8) is 0 Å². The summed E-state index contributed by atoms with van der Waals surface area (Å²) in [7, 11) is 0. The normalized spacial score (nSPS) is 19.5. The zero-order valence-electron chi connectivity index (χ0n) is 13.9. The molecule has 24 heavy (non-hydrogen) atoms. The number of hydrogen-bond donors (Lipinski definition) is 0. The number of nitrogens with zero attached hydrogens (tertiary/aromatic N) is 1. The second-order valence-electron chi connectivity index (χ2n) is 7.19. The van der Waals surface area contributed by atoms with E-state index in [-0.39, 0.29) is 0 Å². The Balaban J connectivity index is 1.89. The number of aryl methyl sites for hydroxylation is 2. The Morgan fingerprint density at radius 3 is 2.67 bits per heavy atom. The molecule has 2 aromatic heterocycles. The molecule has 0 radical (unpaired) electrons. The quantitative estimate of drug-likeness (QED) is 0.483. The van der Waals surface area contributed by atoms with E-state index >= 15 is 0 Å². The van der Waals surface area contributed by atoms with Crippen LogP contribution in [0, 0.1) is 0 Å². The summed E-state index contributed by atoms with van der Waals surface area (Å²) in [6.07, 6.45) is 7.43. The largest absolute Gasteiger partial charge is 0.241 e. The van der Waals surface area contributed by atoms with Crippen molar-refractivity contribution in [3.8, 4) is 11.1 Å². The summed E-state index contributed by atoms with van der Waals surface area (Å²) in [6, 6.07) is 8.42. The molecule has 0 saturated carbocycles. The third kappa shape index (κ3) is 2.16. The first-order chi connectivity index (χ1) is 11.7.